The number of carbonyl (C=O) groups excluding carboxylic acids is 3. The van der Waals surface area contributed by atoms with E-state index in [1.807, 2.05) is 36.6 Å². The molecule has 6 N–H and O–H groups in total. The highest BCUT2D eigenvalue weighted by atomic mass is 32.2. The van der Waals surface area contributed by atoms with Crippen LogP contribution in [0, 0.1) is 5.92 Å². The minimum atomic E-state index is -1.14. The van der Waals surface area contributed by atoms with Crippen molar-refractivity contribution in [3.63, 3.8) is 0 Å². The first-order chi connectivity index (χ1) is 15.1. The maximum atomic E-state index is 12.9. The molecule has 0 aliphatic heterocycles. The van der Waals surface area contributed by atoms with Gasteiger partial charge in [-0.3, -0.25) is 14.4 Å². The fourth-order valence-corrected chi connectivity index (χ4v) is 3.27. The number of nitrogens with two attached hydrogens (primary N) is 1. The van der Waals surface area contributed by atoms with E-state index >= 15 is 0 Å². The largest absolute Gasteiger partial charge is 0.480 e. The quantitative estimate of drug-likeness (QED) is 0.284. The molecule has 0 aliphatic carbocycles. The highest BCUT2D eigenvalue weighted by molar-refractivity contribution is 7.98. The fraction of sp³-hybridized carbons (Fsp3) is 0.545. The van der Waals surface area contributed by atoms with E-state index in [1.54, 1.807) is 13.8 Å². The van der Waals surface area contributed by atoms with Crippen LogP contribution >= 0.6 is 11.8 Å². The topological polar surface area (TPSA) is 151 Å². The second-order valence-electron chi connectivity index (χ2n) is 7.93. The summed E-state index contributed by atoms with van der Waals surface area (Å²) in [6.07, 6.45) is 2.32. The predicted octanol–water partition coefficient (Wildman–Crippen LogP) is 0.524. The zero-order chi connectivity index (χ0) is 24.3. The first-order valence-corrected chi connectivity index (χ1v) is 11.9. The van der Waals surface area contributed by atoms with Crippen molar-refractivity contribution < 1.29 is 24.3 Å². The lowest BCUT2D eigenvalue weighted by Gasteiger charge is -2.24. The molecule has 0 radical (unpaired) electrons. The van der Waals surface area contributed by atoms with Crippen LogP contribution in [-0.4, -0.2) is 65.0 Å². The van der Waals surface area contributed by atoms with E-state index in [9.17, 15) is 24.3 Å². The summed E-state index contributed by atoms with van der Waals surface area (Å²) in [6.45, 7) is 5.07. The number of hydrogen-bond acceptors (Lipinski definition) is 6. The van der Waals surface area contributed by atoms with Gasteiger partial charge in [-0.25, -0.2) is 4.79 Å². The second-order valence-corrected chi connectivity index (χ2v) is 8.92. The molecule has 0 aliphatic rings. The zero-order valence-electron chi connectivity index (χ0n) is 19.0. The first-order valence-electron chi connectivity index (χ1n) is 10.5. The molecule has 0 bridgehead atoms. The lowest BCUT2D eigenvalue weighted by molar-refractivity contribution is -0.142. The zero-order valence-corrected chi connectivity index (χ0v) is 19.8. The van der Waals surface area contributed by atoms with Crippen LogP contribution in [0.1, 0.15) is 32.8 Å². The van der Waals surface area contributed by atoms with Crippen LogP contribution in [0.15, 0.2) is 30.3 Å². The van der Waals surface area contributed by atoms with E-state index in [2.05, 4.69) is 16.0 Å². The van der Waals surface area contributed by atoms with Gasteiger partial charge in [0.1, 0.15) is 18.1 Å². The number of thioether (sulfide) groups is 1. The smallest absolute Gasteiger partial charge is 0.326 e. The van der Waals surface area contributed by atoms with Crippen LogP contribution in [-0.2, 0) is 25.6 Å². The maximum absolute atomic E-state index is 12.9. The number of rotatable bonds is 13. The Morgan fingerprint density at radius 1 is 0.938 bits per heavy atom. The van der Waals surface area contributed by atoms with Crippen molar-refractivity contribution in [1.82, 2.24) is 16.0 Å². The van der Waals surface area contributed by atoms with Gasteiger partial charge >= 0.3 is 5.97 Å². The van der Waals surface area contributed by atoms with Gasteiger partial charge in [-0.1, -0.05) is 44.2 Å². The monoisotopic (exact) mass is 466 g/mol. The average Bonchev–Trinajstić information content (AvgIpc) is 2.75. The molecule has 9 nitrogen and oxygen atoms in total. The molecule has 4 atom stereocenters. The Bertz CT molecular complexity index is 775. The van der Waals surface area contributed by atoms with Crippen molar-refractivity contribution in [1.29, 1.82) is 0 Å². The van der Waals surface area contributed by atoms with Crippen molar-refractivity contribution in [3.05, 3.63) is 35.9 Å². The van der Waals surface area contributed by atoms with Gasteiger partial charge < -0.3 is 26.8 Å². The summed E-state index contributed by atoms with van der Waals surface area (Å²) in [7, 11) is 0. The highest BCUT2D eigenvalue weighted by Gasteiger charge is 2.29. The third-order valence-electron chi connectivity index (χ3n) is 4.91. The average molecular weight is 467 g/mol. The van der Waals surface area contributed by atoms with Crippen molar-refractivity contribution in [3.8, 4) is 0 Å². The van der Waals surface area contributed by atoms with E-state index in [0.29, 0.717) is 5.75 Å². The number of benzene rings is 1. The van der Waals surface area contributed by atoms with Gasteiger partial charge in [0.25, 0.3) is 0 Å². The molecule has 0 saturated carbocycles. The number of carboxylic acid groups (broad SMARTS) is 1. The Morgan fingerprint density at radius 3 is 2.06 bits per heavy atom. The van der Waals surface area contributed by atoms with Crippen molar-refractivity contribution in [2.24, 2.45) is 11.7 Å². The minimum absolute atomic E-state index is 0.116. The van der Waals surface area contributed by atoms with Gasteiger partial charge in [-0.2, -0.15) is 11.8 Å². The molecule has 0 aromatic heterocycles. The van der Waals surface area contributed by atoms with Gasteiger partial charge in [0.15, 0.2) is 0 Å². The molecule has 3 amide bonds. The van der Waals surface area contributed by atoms with Crippen LogP contribution < -0.4 is 21.7 Å². The van der Waals surface area contributed by atoms with Crippen LogP contribution in [0.3, 0.4) is 0 Å². The fourth-order valence-electron chi connectivity index (χ4n) is 2.80. The van der Waals surface area contributed by atoms with E-state index < -0.39 is 47.9 Å². The summed E-state index contributed by atoms with van der Waals surface area (Å²) in [6, 6.07) is 5.37. The van der Waals surface area contributed by atoms with E-state index in [0.717, 1.165) is 5.56 Å². The molecule has 10 heteroatoms. The van der Waals surface area contributed by atoms with Crippen LogP contribution in [0.5, 0.6) is 0 Å². The summed E-state index contributed by atoms with van der Waals surface area (Å²) < 4.78 is 0. The summed E-state index contributed by atoms with van der Waals surface area (Å²) in [5, 5.41) is 17.0. The molecule has 4 unspecified atom stereocenters. The summed E-state index contributed by atoms with van der Waals surface area (Å²) in [4.78, 5) is 49.2. The minimum Gasteiger partial charge on any atom is -0.480 e. The highest BCUT2D eigenvalue weighted by Crippen LogP contribution is 2.06. The Kier molecular flexibility index (Phi) is 11.8. The molecule has 0 heterocycles. The van der Waals surface area contributed by atoms with Crippen molar-refractivity contribution in [2.45, 2.75) is 57.8 Å². The van der Waals surface area contributed by atoms with Crippen molar-refractivity contribution >= 4 is 35.5 Å². The van der Waals surface area contributed by atoms with Crippen LogP contribution in [0.2, 0.25) is 0 Å². The number of hydrogen-bond donors (Lipinski definition) is 5. The van der Waals surface area contributed by atoms with E-state index in [-0.39, 0.29) is 18.8 Å². The number of carboxylic acids is 1. The lowest BCUT2D eigenvalue weighted by Crippen LogP contribution is -2.57. The standard InChI is InChI=1S/C22H34N4O5S/c1-13(2)18(23)21(29)26-17(12-15-8-6-5-7-9-15)20(28)24-14(3)19(27)25-16(22(30)31)10-11-32-4/h5-9,13-14,16-18H,10-12,23H2,1-4H3,(H,24,28)(H,25,27)(H,26,29)(H,30,31). The van der Waals surface area contributed by atoms with Gasteiger partial charge in [0, 0.05) is 6.42 Å². The molecule has 178 valence electrons. The molecule has 32 heavy (non-hydrogen) atoms. The predicted molar refractivity (Wildman–Crippen MR) is 125 cm³/mol. The Labute approximate surface area is 193 Å². The van der Waals surface area contributed by atoms with Gasteiger partial charge in [0.2, 0.25) is 17.7 Å². The van der Waals surface area contributed by atoms with E-state index in [1.165, 1.54) is 18.7 Å². The SMILES string of the molecule is CSCCC(NC(=O)C(C)NC(=O)C(Cc1ccccc1)NC(=O)C(N)C(C)C)C(=O)O. The van der Waals surface area contributed by atoms with Crippen molar-refractivity contribution in [2.75, 3.05) is 12.0 Å². The summed E-state index contributed by atoms with van der Waals surface area (Å²) in [5.41, 5.74) is 6.73. The molecule has 0 fully saturated rings. The lowest BCUT2D eigenvalue weighted by atomic mass is 10.0. The molecule has 0 spiro atoms. The van der Waals surface area contributed by atoms with Gasteiger partial charge in [-0.15, -0.1) is 0 Å². The summed E-state index contributed by atoms with van der Waals surface area (Å²) >= 11 is 1.47. The number of nitrogens with one attached hydrogen (secondary N) is 3. The van der Waals surface area contributed by atoms with Crippen LogP contribution in [0.25, 0.3) is 0 Å². The molecule has 0 saturated heterocycles. The third-order valence-corrected chi connectivity index (χ3v) is 5.56. The summed E-state index contributed by atoms with van der Waals surface area (Å²) in [5.74, 6) is -2.32. The second kappa shape index (κ2) is 13.7. The molecule has 1 aromatic carbocycles. The van der Waals surface area contributed by atoms with E-state index in [4.69, 9.17) is 5.73 Å². The number of carbonyl (C=O) groups is 4. The molecular weight excluding hydrogens is 432 g/mol. The Morgan fingerprint density at radius 2 is 1.53 bits per heavy atom. The normalized spacial score (nSPS) is 14.7. The number of amides is 3. The first kappa shape index (κ1) is 27.4. The van der Waals surface area contributed by atoms with Crippen LogP contribution in [0.4, 0.5) is 0 Å². The maximum Gasteiger partial charge on any atom is 0.326 e. The Hall–Kier alpha value is -2.59. The third kappa shape index (κ3) is 9.27. The van der Waals surface area contributed by atoms with Gasteiger partial charge in [0.05, 0.1) is 6.04 Å². The molecular formula is C22H34N4O5S. The Balaban J connectivity index is 2.87. The molecule has 1 aromatic rings. The molecule has 1 rings (SSSR count). The number of aliphatic carboxylic acids is 1. The van der Waals surface area contributed by atoms with Gasteiger partial charge in [-0.05, 0) is 36.8 Å².